The normalized spacial score (nSPS) is 10.7. The van der Waals surface area contributed by atoms with Gasteiger partial charge in [-0.25, -0.2) is 4.98 Å². The standard InChI is InChI=1S/C18H15N3.H3N/c1-2-6-14(7-3-1)10-11-15-12-20-18-13-19-16-8-4-5-9-17(16)21(15)18;/h1-9,12-13H,10-11H2;1H3. The van der Waals surface area contributed by atoms with Crippen molar-refractivity contribution in [1.82, 2.24) is 20.5 Å². The Morgan fingerprint density at radius 2 is 1.55 bits per heavy atom. The van der Waals surface area contributed by atoms with Gasteiger partial charge in [-0.2, -0.15) is 0 Å². The van der Waals surface area contributed by atoms with Crippen LogP contribution in [0.2, 0.25) is 0 Å². The molecule has 0 radical (unpaired) electrons. The lowest BCUT2D eigenvalue weighted by Gasteiger charge is -2.06. The smallest absolute Gasteiger partial charge is 0.155 e. The summed E-state index contributed by atoms with van der Waals surface area (Å²) >= 11 is 0. The molecule has 0 aliphatic rings. The Morgan fingerprint density at radius 3 is 2.41 bits per heavy atom. The molecule has 0 aliphatic heterocycles. The van der Waals surface area contributed by atoms with Gasteiger partial charge in [0, 0.05) is 11.9 Å². The van der Waals surface area contributed by atoms with Crippen molar-refractivity contribution in [2.45, 2.75) is 12.8 Å². The van der Waals surface area contributed by atoms with E-state index in [1.807, 2.05) is 30.6 Å². The Balaban J connectivity index is 0.00000144. The van der Waals surface area contributed by atoms with Gasteiger partial charge in [0.2, 0.25) is 0 Å². The second-order valence-corrected chi connectivity index (χ2v) is 5.18. The van der Waals surface area contributed by atoms with Gasteiger partial charge in [-0.05, 0) is 30.5 Å². The number of aromatic nitrogens is 3. The van der Waals surface area contributed by atoms with Crippen LogP contribution in [0.4, 0.5) is 0 Å². The number of hydrogen-bond acceptors (Lipinski definition) is 3. The predicted molar refractivity (Wildman–Crippen MR) is 89.4 cm³/mol. The molecule has 0 atom stereocenters. The molecule has 4 nitrogen and oxygen atoms in total. The number of fused-ring (bicyclic) bond motifs is 3. The van der Waals surface area contributed by atoms with E-state index in [2.05, 4.69) is 50.8 Å². The van der Waals surface area contributed by atoms with E-state index < -0.39 is 0 Å². The average molecular weight is 290 g/mol. The minimum absolute atomic E-state index is 0. The second kappa shape index (κ2) is 5.95. The Labute approximate surface area is 129 Å². The minimum atomic E-state index is 0. The molecule has 0 saturated carbocycles. The number of aryl methyl sites for hydroxylation is 2. The van der Waals surface area contributed by atoms with Crippen LogP contribution >= 0.6 is 0 Å². The number of nitrogens with zero attached hydrogens (tertiary/aromatic N) is 3. The SMILES string of the molecule is N.c1ccc(CCc2cnc3cnc4ccccc4n23)cc1. The maximum absolute atomic E-state index is 4.48. The number of para-hydroxylation sites is 2. The zero-order valence-corrected chi connectivity index (χ0v) is 12.3. The second-order valence-electron chi connectivity index (χ2n) is 5.18. The van der Waals surface area contributed by atoms with E-state index >= 15 is 0 Å². The van der Waals surface area contributed by atoms with Crippen molar-refractivity contribution in [3.63, 3.8) is 0 Å². The van der Waals surface area contributed by atoms with Crippen molar-refractivity contribution in [2.75, 3.05) is 0 Å². The van der Waals surface area contributed by atoms with Crippen molar-refractivity contribution >= 4 is 16.7 Å². The quantitative estimate of drug-likeness (QED) is 0.623. The number of imidazole rings is 1. The van der Waals surface area contributed by atoms with E-state index in [0.29, 0.717) is 0 Å². The lowest BCUT2D eigenvalue weighted by atomic mass is 10.1. The van der Waals surface area contributed by atoms with E-state index in [4.69, 9.17) is 0 Å². The first-order chi connectivity index (χ1) is 10.4. The maximum atomic E-state index is 4.48. The molecule has 2 aromatic carbocycles. The van der Waals surface area contributed by atoms with Gasteiger partial charge in [0.25, 0.3) is 0 Å². The third-order valence-electron chi connectivity index (χ3n) is 3.82. The van der Waals surface area contributed by atoms with Crippen LogP contribution < -0.4 is 6.15 Å². The predicted octanol–water partition coefficient (Wildman–Crippen LogP) is 3.83. The molecular weight excluding hydrogens is 272 g/mol. The average Bonchev–Trinajstić information content (AvgIpc) is 2.97. The molecule has 22 heavy (non-hydrogen) atoms. The molecule has 4 rings (SSSR count). The van der Waals surface area contributed by atoms with Crippen LogP contribution in [0.25, 0.3) is 16.7 Å². The Bertz CT molecular complexity index is 897. The Hall–Kier alpha value is -2.72. The van der Waals surface area contributed by atoms with Crippen molar-refractivity contribution < 1.29 is 0 Å². The number of rotatable bonds is 3. The highest BCUT2D eigenvalue weighted by Crippen LogP contribution is 2.17. The first-order valence-electron chi connectivity index (χ1n) is 7.16. The van der Waals surface area contributed by atoms with Crippen LogP contribution in [-0.4, -0.2) is 14.4 Å². The fourth-order valence-electron chi connectivity index (χ4n) is 2.76. The van der Waals surface area contributed by atoms with E-state index in [-0.39, 0.29) is 6.15 Å². The van der Waals surface area contributed by atoms with Crippen LogP contribution in [0.5, 0.6) is 0 Å². The zero-order chi connectivity index (χ0) is 14.1. The summed E-state index contributed by atoms with van der Waals surface area (Å²) in [6.45, 7) is 0. The fraction of sp³-hybridized carbons (Fsp3) is 0.111. The summed E-state index contributed by atoms with van der Waals surface area (Å²) in [7, 11) is 0. The van der Waals surface area contributed by atoms with Crippen molar-refractivity contribution in [3.05, 3.63) is 78.2 Å². The third-order valence-corrected chi connectivity index (χ3v) is 3.82. The molecule has 0 unspecified atom stereocenters. The number of benzene rings is 2. The number of hydrogen-bond donors (Lipinski definition) is 1. The Morgan fingerprint density at radius 1 is 0.773 bits per heavy atom. The summed E-state index contributed by atoms with van der Waals surface area (Å²) in [5.74, 6) is 0. The van der Waals surface area contributed by atoms with E-state index in [0.717, 1.165) is 29.5 Å². The van der Waals surface area contributed by atoms with E-state index in [1.165, 1.54) is 11.3 Å². The highest BCUT2D eigenvalue weighted by molar-refractivity contribution is 5.77. The van der Waals surface area contributed by atoms with Crippen molar-refractivity contribution in [3.8, 4) is 0 Å². The summed E-state index contributed by atoms with van der Waals surface area (Å²) in [6, 6.07) is 18.8. The zero-order valence-electron chi connectivity index (χ0n) is 12.3. The van der Waals surface area contributed by atoms with Crippen LogP contribution in [0.15, 0.2) is 67.0 Å². The van der Waals surface area contributed by atoms with Gasteiger partial charge in [-0.3, -0.25) is 9.38 Å². The van der Waals surface area contributed by atoms with Gasteiger partial charge in [-0.15, -0.1) is 0 Å². The summed E-state index contributed by atoms with van der Waals surface area (Å²) in [6.07, 6.45) is 5.80. The van der Waals surface area contributed by atoms with Crippen molar-refractivity contribution in [2.24, 2.45) is 0 Å². The van der Waals surface area contributed by atoms with Crippen LogP contribution in [0.3, 0.4) is 0 Å². The molecule has 4 aromatic rings. The maximum Gasteiger partial charge on any atom is 0.155 e. The molecule has 0 aliphatic carbocycles. The highest BCUT2D eigenvalue weighted by Gasteiger charge is 2.07. The van der Waals surface area contributed by atoms with Gasteiger partial charge < -0.3 is 6.15 Å². The summed E-state index contributed by atoms with van der Waals surface area (Å²) in [5.41, 5.74) is 5.62. The first kappa shape index (κ1) is 14.2. The van der Waals surface area contributed by atoms with Crippen LogP contribution in [0.1, 0.15) is 11.3 Å². The molecule has 2 heterocycles. The molecule has 0 saturated heterocycles. The lowest BCUT2D eigenvalue weighted by molar-refractivity contribution is 0.905. The fourth-order valence-corrected chi connectivity index (χ4v) is 2.76. The van der Waals surface area contributed by atoms with Gasteiger partial charge in [0.15, 0.2) is 5.65 Å². The largest absolute Gasteiger partial charge is 0.344 e. The highest BCUT2D eigenvalue weighted by atomic mass is 15.0. The van der Waals surface area contributed by atoms with Gasteiger partial charge in [-0.1, -0.05) is 42.5 Å². The summed E-state index contributed by atoms with van der Waals surface area (Å²) < 4.78 is 2.21. The van der Waals surface area contributed by atoms with Gasteiger partial charge in [0.05, 0.1) is 17.2 Å². The molecular formula is C18H18N4. The van der Waals surface area contributed by atoms with Crippen molar-refractivity contribution in [1.29, 1.82) is 0 Å². The molecule has 0 spiro atoms. The molecule has 3 N–H and O–H groups in total. The van der Waals surface area contributed by atoms with Crippen LogP contribution in [-0.2, 0) is 12.8 Å². The first-order valence-corrected chi connectivity index (χ1v) is 7.16. The Kier molecular flexibility index (Phi) is 3.85. The van der Waals surface area contributed by atoms with Crippen LogP contribution in [0, 0.1) is 0 Å². The van der Waals surface area contributed by atoms with Gasteiger partial charge in [0.1, 0.15) is 0 Å². The molecule has 0 fully saturated rings. The lowest BCUT2D eigenvalue weighted by Crippen LogP contribution is -1.98. The topological polar surface area (TPSA) is 65.2 Å². The molecule has 110 valence electrons. The molecule has 0 amide bonds. The summed E-state index contributed by atoms with van der Waals surface area (Å²) in [5, 5.41) is 0. The molecule has 2 aromatic heterocycles. The van der Waals surface area contributed by atoms with E-state index in [9.17, 15) is 0 Å². The van der Waals surface area contributed by atoms with E-state index in [1.54, 1.807) is 0 Å². The monoisotopic (exact) mass is 290 g/mol. The molecule has 4 heteroatoms. The minimum Gasteiger partial charge on any atom is -0.344 e. The third kappa shape index (κ3) is 2.44. The van der Waals surface area contributed by atoms with Gasteiger partial charge >= 0.3 is 0 Å². The molecule has 0 bridgehead atoms. The summed E-state index contributed by atoms with van der Waals surface area (Å²) in [4.78, 5) is 8.94.